The summed E-state index contributed by atoms with van der Waals surface area (Å²) in [7, 11) is 2.87. The van der Waals surface area contributed by atoms with Gasteiger partial charge in [0.2, 0.25) is 10.0 Å². The third-order valence-corrected chi connectivity index (χ3v) is 5.25. The van der Waals surface area contributed by atoms with Crippen LogP contribution in [0.4, 0.5) is 0 Å². The summed E-state index contributed by atoms with van der Waals surface area (Å²) in [5.41, 5.74) is 0. The quantitative estimate of drug-likeness (QED) is 0.655. The van der Waals surface area contributed by atoms with Crippen LogP contribution >= 0.6 is 0 Å². The molecule has 1 unspecified atom stereocenters. The maximum Gasteiger partial charge on any atom is 0.214 e. The highest BCUT2D eigenvalue weighted by Gasteiger charge is 2.31. The Kier molecular flexibility index (Phi) is 5.85. The molecule has 0 aromatic carbocycles. The predicted octanol–water partition coefficient (Wildman–Crippen LogP) is -0.0483. The molecule has 102 valence electrons. The summed E-state index contributed by atoms with van der Waals surface area (Å²) in [6.45, 7) is 2.22. The molecule has 1 N–H and O–H groups in total. The van der Waals surface area contributed by atoms with Gasteiger partial charge in [-0.05, 0) is 47.0 Å². The Morgan fingerprint density at radius 2 is 2.06 bits per heavy atom. The van der Waals surface area contributed by atoms with Crippen molar-refractivity contribution < 1.29 is 8.42 Å². The molecule has 0 radical (unpaired) electrons. The number of hydrogen-bond donors (Lipinski definition) is 1. The zero-order chi connectivity index (χ0) is 12.9. The van der Waals surface area contributed by atoms with E-state index >= 15 is 0 Å². The summed E-state index contributed by atoms with van der Waals surface area (Å²) < 4.78 is 25.8. The van der Waals surface area contributed by atoms with Crippen LogP contribution in [0.3, 0.4) is 0 Å². The van der Waals surface area contributed by atoms with E-state index in [9.17, 15) is 8.42 Å². The van der Waals surface area contributed by atoms with E-state index in [0.717, 1.165) is 25.8 Å². The van der Waals surface area contributed by atoms with Crippen molar-refractivity contribution in [1.29, 1.82) is 0 Å². The fourth-order valence-corrected chi connectivity index (χ4v) is 3.71. The molecule has 0 aromatic rings. The van der Waals surface area contributed by atoms with Crippen molar-refractivity contribution >= 4 is 10.0 Å². The van der Waals surface area contributed by atoms with E-state index in [2.05, 4.69) is 10.2 Å². The first-order chi connectivity index (χ1) is 7.97. The summed E-state index contributed by atoms with van der Waals surface area (Å²) in [5, 5.41) is 3.03. The van der Waals surface area contributed by atoms with Crippen LogP contribution in [0, 0.1) is 0 Å². The number of unbranched alkanes of at least 4 members (excludes halogenated alkanes) is 1. The van der Waals surface area contributed by atoms with Gasteiger partial charge in [0.25, 0.3) is 0 Å². The van der Waals surface area contributed by atoms with Crippen molar-refractivity contribution in [3.05, 3.63) is 0 Å². The highest BCUT2D eigenvalue weighted by molar-refractivity contribution is 7.89. The van der Waals surface area contributed by atoms with Gasteiger partial charge >= 0.3 is 0 Å². The van der Waals surface area contributed by atoms with E-state index in [-0.39, 0.29) is 5.75 Å². The first-order valence-corrected chi connectivity index (χ1v) is 7.87. The molecule has 0 amide bonds. The lowest BCUT2D eigenvalue weighted by molar-refractivity contribution is 0.302. The SMILES string of the molecule is CNCCCCS(=O)(=O)N1CCC(N(C)C)C1. The zero-order valence-corrected chi connectivity index (χ0v) is 12.0. The van der Waals surface area contributed by atoms with Crippen molar-refractivity contribution in [3.63, 3.8) is 0 Å². The minimum atomic E-state index is -3.03. The monoisotopic (exact) mass is 263 g/mol. The third kappa shape index (κ3) is 4.54. The van der Waals surface area contributed by atoms with E-state index in [4.69, 9.17) is 0 Å². The summed E-state index contributed by atoms with van der Waals surface area (Å²) in [6.07, 6.45) is 2.61. The van der Waals surface area contributed by atoms with Gasteiger partial charge < -0.3 is 10.2 Å². The first-order valence-electron chi connectivity index (χ1n) is 6.26. The Hall–Kier alpha value is -0.170. The Morgan fingerprint density at radius 1 is 1.35 bits per heavy atom. The highest BCUT2D eigenvalue weighted by Crippen LogP contribution is 2.17. The normalized spacial score (nSPS) is 22.5. The van der Waals surface area contributed by atoms with Crippen LogP contribution in [0.25, 0.3) is 0 Å². The van der Waals surface area contributed by atoms with E-state index in [0.29, 0.717) is 19.1 Å². The molecule has 0 saturated carbocycles. The van der Waals surface area contributed by atoms with Gasteiger partial charge in [-0.3, -0.25) is 0 Å². The average molecular weight is 263 g/mol. The molecule has 1 fully saturated rings. The van der Waals surface area contributed by atoms with Crippen molar-refractivity contribution in [1.82, 2.24) is 14.5 Å². The first kappa shape index (κ1) is 14.9. The van der Waals surface area contributed by atoms with Crippen LogP contribution in [0.15, 0.2) is 0 Å². The van der Waals surface area contributed by atoms with Gasteiger partial charge in [0.15, 0.2) is 0 Å². The molecule has 0 aliphatic carbocycles. The lowest BCUT2D eigenvalue weighted by atomic mass is 10.2. The van der Waals surface area contributed by atoms with Gasteiger partial charge in [-0.1, -0.05) is 0 Å². The summed E-state index contributed by atoms with van der Waals surface area (Å²) in [5.74, 6) is 0.287. The molecule has 1 atom stereocenters. The van der Waals surface area contributed by atoms with Crippen LogP contribution < -0.4 is 5.32 Å². The van der Waals surface area contributed by atoms with Crippen LogP contribution in [0.5, 0.6) is 0 Å². The van der Waals surface area contributed by atoms with Gasteiger partial charge in [-0.15, -0.1) is 0 Å². The summed E-state index contributed by atoms with van der Waals surface area (Å²) in [6, 6.07) is 0.377. The fourth-order valence-electron chi connectivity index (χ4n) is 2.10. The molecule has 5 nitrogen and oxygen atoms in total. The van der Waals surface area contributed by atoms with Crippen molar-refractivity contribution in [3.8, 4) is 0 Å². The predicted molar refractivity (Wildman–Crippen MR) is 70.6 cm³/mol. The Balaban J connectivity index is 2.38. The second kappa shape index (κ2) is 6.68. The zero-order valence-electron chi connectivity index (χ0n) is 11.1. The maximum atomic E-state index is 12.1. The average Bonchev–Trinajstić information content (AvgIpc) is 2.74. The maximum absolute atomic E-state index is 12.1. The molecule has 1 saturated heterocycles. The third-order valence-electron chi connectivity index (χ3n) is 3.33. The standard InChI is InChI=1S/C11H25N3O2S/c1-12-7-4-5-9-17(15,16)14-8-6-11(10-14)13(2)3/h11-12H,4-10H2,1-3H3. The molecule has 1 rings (SSSR count). The van der Waals surface area contributed by atoms with Crippen molar-refractivity contribution in [2.24, 2.45) is 0 Å². The van der Waals surface area contributed by atoms with E-state index in [1.807, 2.05) is 21.1 Å². The number of hydrogen-bond acceptors (Lipinski definition) is 4. The Labute approximate surface area is 105 Å². The van der Waals surface area contributed by atoms with Crippen LogP contribution in [0.2, 0.25) is 0 Å². The van der Waals surface area contributed by atoms with Gasteiger partial charge in [0.1, 0.15) is 0 Å². The number of nitrogens with zero attached hydrogens (tertiary/aromatic N) is 2. The summed E-state index contributed by atoms with van der Waals surface area (Å²) in [4.78, 5) is 2.11. The molecular formula is C11H25N3O2S. The lowest BCUT2D eigenvalue weighted by Crippen LogP contribution is -2.35. The van der Waals surface area contributed by atoms with Gasteiger partial charge in [-0.25, -0.2) is 12.7 Å². The molecule has 6 heteroatoms. The summed E-state index contributed by atoms with van der Waals surface area (Å²) >= 11 is 0. The van der Waals surface area contributed by atoms with E-state index in [1.54, 1.807) is 4.31 Å². The van der Waals surface area contributed by atoms with Gasteiger partial charge in [-0.2, -0.15) is 0 Å². The number of likely N-dealkylation sites (N-methyl/N-ethyl adjacent to an activating group) is 1. The second-order valence-electron chi connectivity index (χ2n) is 4.89. The van der Waals surface area contributed by atoms with Crippen molar-refractivity contribution in [2.75, 3.05) is 46.5 Å². The molecule has 17 heavy (non-hydrogen) atoms. The van der Waals surface area contributed by atoms with Crippen LogP contribution in [0.1, 0.15) is 19.3 Å². The molecule has 1 aliphatic rings. The van der Waals surface area contributed by atoms with E-state index < -0.39 is 10.0 Å². The minimum Gasteiger partial charge on any atom is -0.320 e. The molecule has 0 spiro atoms. The number of sulfonamides is 1. The van der Waals surface area contributed by atoms with Gasteiger partial charge in [0, 0.05) is 19.1 Å². The fraction of sp³-hybridized carbons (Fsp3) is 1.00. The lowest BCUT2D eigenvalue weighted by Gasteiger charge is -2.20. The highest BCUT2D eigenvalue weighted by atomic mass is 32.2. The molecular weight excluding hydrogens is 238 g/mol. The van der Waals surface area contributed by atoms with Crippen LogP contribution in [-0.4, -0.2) is 70.2 Å². The van der Waals surface area contributed by atoms with Gasteiger partial charge in [0.05, 0.1) is 5.75 Å². The number of nitrogens with one attached hydrogen (secondary N) is 1. The second-order valence-corrected chi connectivity index (χ2v) is 6.98. The molecule has 1 heterocycles. The smallest absolute Gasteiger partial charge is 0.214 e. The van der Waals surface area contributed by atoms with Crippen molar-refractivity contribution in [2.45, 2.75) is 25.3 Å². The number of rotatable bonds is 7. The molecule has 1 aliphatic heterocycles. The minimum absolute atomic E-state index is 0.287. The van der Waals surface area contributed by atoms with E-state index in [1.165, 1.54) is 0 Å². The Morgan fingerprint density at radius 3 is 2.59 bits per heavy atom. The molecule has 0 bridgehead atoms. The molecule has 0 aromatic heterocycles. The largest absolute Gasteiger partial charge is 0.320 e. The van der Waals surface area contributed by atoms with Crippen LogP contribution in [-0.2, 0) is 10.0 Å². The topological polar surface area (TPSA) is 52.7 Å². The Bertz CT molecular complexity index is 317.